The Balaban J connectivity index is 2.21. The van der Waals surface area contributed by atoms with Gasteiger partial charge in [-0.3, -0.25) is 0 Å². The Morgan fingerprint density at radius 2 is 1.45 bits per heavy atom. The first kappa shape index (κ1) is 26.6. The highest BCUT2D eigenvalue weighted by Crippen LogP contribution is 2.34. The summed E-state index contributed by atoms with van der Waals surface area (Å²) in [5.74, 6) is 0. The monoisotopic (exact) mass is 441 g/mol. The maximum absolute atomic E-state index is 11.9. The Hall–Kier alpha value is -0.393. The molecule has 0 saturated carbocycles. The zero-order valence-electron chi connectivity index (χ0n) is 19.5. The van der Waals surface area contributed by atoms with Crippen LogP contribution in [0.1, 0.15) is 97.3 Å². The van der Waals surface area contributed by atoms with Crippen LogP contribution in [0.4, 0.5) is 0 Å². The van der Waals surface area contributed by atoms with Gasteiger partial charge in [-0.15, -0.1) is 0 Å². The fourth-order valence-electron chi connectivity index (χ4n) is 4.32. The summed E-state index contributed by atoms with van der Waals surface area (Å²) < 4.78 is 34.3. The van der Waals surface area contributed by atoms with E-state index >= 15 is 0 Å². The van der Waals surface area contributed by atoms with Crippen LogP contribution in [0.2, 0.25) is 25.2 Å². The van der Waals surface area contributed by atoms with Crippen molar-refractivity contribution in [1.82, 2.24) is 0 Å². The fraction of sp³-hybridized carbons (Fsp3) is 0.833. The van der Waals surface area contributed by atoms with Crippen LogP contribution in [0.3, 0.4) is 0 Å². The van der Waals surface area contributed by atoms with Crippen molar-refractivity contribution in [2.45, 2.75) is 127 Å². The second-order valence-electron chi connectivity index (χ2n) is 9.95. The Labute approximate surface area is 182 Å². The Bertz CT molecular complexity index is 622. The number of unbranched alkanes of at least 4 members (excludes halogenated alkanes) is 9. The molecule has 170 valence electrons. The molecule has 0 fully saturated rings. The van der Waals surface area contributed by atoms with Gasteiger partial charge in [-0.05, 0) is 19.8 Å². The molecule has 0 radical (unpaired) electrons. The Morgan fingerprint density at radius 3 is 1.93 bits per heavy atom. The van der Waals surface area contributed by atoms with Gasteiger partial charge in [0.25, 0.3) is 0 Å². The van der Waals surface area contributed by atoms with Gasteiger partial charge in [0.15, 0.2) is 0 Å². The molecule has 0 amide bonds. The molecule has 0 N–H and O–H groups in total. The molecule has 0 aromatic heterocycles. The van der Waals surface area contributed by atoms with Gasteiger partial charge >= 0.3 is 0 Å². The van der Waals surface area contributed by atoms with E-state index in [1.165, 1.54) is 69.9 Å². The molecule has 1 atom stereocenters. The van der Waals surface area contributed by atoms with E-state index in [-0.39, 0.29) is 0 Å². The van der Waals surface area contributed by atoms with Gasteiger partial charge in [-0.1, -0.05) is 127 Å². The van der Waals surface area contributed by atoms with Gasteiger partial charge in [0.1, 0.15) is 10.1 Å². The zero-order chi connectivity index (χ0) is 21.8. The topological polar surface area (TPSA) is 57.2 Å². The first-order valence-electron chi connectivity index (χ1n) is 11.9. The van der Waals surface area contributed by atoms with Crippen molar-refractivity contribution < 1.29 is 13.0 Å². The van der Waals surface area contributed by atoms with Crippen molar-refractivity contribution in [3.63, 3.8) is 0 Å². The fourth-order valence-corrected chi connectivity index (χ4v) is 7.90. The second-order valence-corrected chi connectivity index (χ2v) is 17.0. The van der Waals surface area contributed by atoms with Crippen molar-refractivity contribution in [2.24, 2.45) is 0 Å². The lowest BCUT2D eigenvalue weighted by atomic mass is 9.91. The summed E-state index contributed by atoms with van der Waals surface area (Å²) in [6.07, 6.45) is 20.2. The van der Waals surface area contributed by atoms with Gasteiger partial charge in [-0.2, -0.15) is 0 Å². The molecule has 0 spiro atoms. The van der Waals surface area contributed by atoms with Gasteiger partial charge < -0.3 is 4.55 Å². The quantitative estimate of drug-likeness (QED) is 0.141. The smallest absolute Gasteiger partial charge is 0.104 e. The lowest BCUT2D eigenvalue weighted by Crippen LogP contribution is -2.37. The van der Waals surface area contributed by atoms with Gasteiger partial charge in [0.2, 0.25) is 0 Å². The minimum absolute atomic E-state index is 0.333. The summed E-state index contributed by atoms with van der Waals surface area (Å²) in [7, 11) is -5.47. The summed E-state index contributed by atoms with van der Waals surface area (Å²) in [5, 5.41) is 0. The van der Waals surface area contributed by atoms with Crippen molar-refractivity contribution in [3.8, 4) is 0 Å². The van der Waals surface area contributed by atoms with Crippen LogP contribution in [0.5, 0.6) is 0 Å². The summed E-state index contributed by atoms with van der Waals surface area (Å²) in [5.41, 5.74) is 1.04. The van der Waals surface area contributed by atoms with Gasteiger partial charge in [0.05, 0.1) is 4.75 Å². The van der Waals surface area contributed by atoms with Crippen molar-refractivity contribution >= 4 is 18.2 Å². The molecule has 3 nitrogen and oxygen atoms in total. The summed E-state index contributed by atoms with van der Waals surface area (Å²) in [6.45, 7) is 9.20. The minimum atomic E-state index is -4.32. The van der Waals surface area contributed by atoms with E-state index in [1.807, 2.05) is 13.0 Å². The molecule has 0 aromatic rings. The van der Waals surface area contributed by atoms with Crippen LogP contribution in [0.15, 0.2) is 23.8 Å². The summed E-state index contributed by atoms with van der Waals surface area (Å²) in [6, 6.07) is 2.73. The van der Waals surface area contributed by atoms with Crippen molar-refractivity contribution in [1.29, 1.82) is 0 Å². The van der Waals surface area contributed by atoms with E-state index in [9.17, 15) is 13.0 Å². The molecule has 29 heavy (non-hydrogen) atoms. The van der Waals surface area contributed by atoms with E-state index in [1.54, 1.807) is 12.2 Å². The van der Waals surface area contributed by atoms with Crippen LogP contribution in [0.25, 0.3) is 0 Å². The number of rotatable bonds is 16. The molecule has 1 rings (SSSR count). The molecule has 1 aliphatic carbocycles. The predicted octanol–water partition coefficient (Wildman–Crippen LogP) is 7.59. The standard InChI is InChI=1S/C24H46O3SSi/c1-5-6-7-8-9-10-11-14-21-29(3,4)22-15-12-13-18-24(28(25,26)27)19-16-23(2)17-20-24/h16-17,19H,5-15,18,20-22H2,1-4H3,(H,25,26,27)/p-1. The first-order valence-corrected chi connectivity index (χ1v) is 16.8. The second kappa shape index (κ2) is 13.1. The maximum Gasteiger partial charge on any atom is 0.104 e. The molecule has 0 bridgehead atoms. The molecule has 0 heterocycles. The molecule has 0 aromatic carbocycles. The highest BCUT2D eigenvalue weighted by molar-refractivity contribution is 7.87. The van der Waals surface area contributed by atoms with Gasteiger partial charge in [-0.25, -0.2) is 8.42 Å². The Morgan fingerprint density at radius 1 is 0.931 bits per heavy atom. The minimum Gasteiger partial charge on any atom is -0.747 e. The van der Waals surface area contributed by atoms with Crippen LogP contribution >= 0.6 is 0 Å². The molecule has 5 heteroatoms. The van der Waals surface area contributed by atoms with Crippen LogP contribution in [0, 0.1) is 0 Å². The van der Waals surface area contributed by atoms with E-state index in [4.69, 9.17) is 0 Å². The van der Waals surface area contributed by atoms with Crippen LogP contribution < -0.4 is 0 Å². The first-order chi connectivity index (χ1) is 13.6. The summed E-state index contributed by atoms with van der Waals surface area (Å²) in [4.78, 5) is 0. The number of hydrogen-bond acceptors (Lipinski definition) is 3. The average Bonchev–Trinajstić information content (AvgIpc) is 2.64. The SMILES string of the molecule is CCCCCCCCCC[Si](C)(C)CCCCCC1(S(=O)(=O)[O-])C=CC(C)=CC1. The number of hydrogen-bond donors (Lipinski definition) is 0. The average molecular weight is 442 g/mol. The predicted molar refractivity (Wildman–Crippen MR) is 128 cm³/mol. The largest absolute Gasteiger partial charge is 0.747 e. The van der Waals surface area contributed by atoms with E-state index in [2.05, 4.69) is 20.0 Å². The van der Waals surface area contributed by atoms with Crippen LogP contribution in [-0.2, 0) is 10.1 Å². The molecule has 1 aliphatic rings. The highest BCUT2D eigenvalue weighted by atomic mass is 32.2. The van der Waals surface area contributed by atoms with Gasteiger partial charge in [0, 0.05) is 8.07 Å². The maximum atomic E-state index is 11.9. The van der Waals surface area contributed by atoms with Crippen LogP contribution in [-0.4, -0.2) is 25.8 Å². The molecule has 1 unspecified atom stereocenters. The lowest BCUT2D eigenvalue weighted by molar-refractivity contribution is 0.413. The molecule has 0 saturated heterocycles. The van der Waals surface area contributed by atoms with Crippen molar-refractivity contribution in [3.05, 3.63) is 23.8 Å². The molecular formula is C24H45O3SSi-. The molecular weight excluding hydrogens is 396 g/mol. The van der Waals surface area contributed by atoms with E-state index in [0.29, 0.717) is 12.8 Å². The number of allylic oxidation sites excluding steroid dienone is 3. The van der Waals surface area contributed by atoms with E-state index < -0.39 is 22.9 Å². The highest BCUT2D eigenvalue weighted by Gasteiger charge is 2.34. The Kier molecular flexibility index (Phi) is 12.0. The van der Waals surface area contributed by atoms with E-state index in [0.717, 1.165) is 18.4 Å². The third-order valence-electron chi connectivity index (χ3n) is 6.58. The normalized spacial score (nSPS) is 20.1. The lowest BCUT2D eigenvalue weighted by Gasteiger charge is -2.34. The zero-order valence-corrected chi connectivity index (χ0v) is 21.3. The van der Waals surface area contributed by atoms with Crippen molar-refractivity contribution in [2.75, 3.05) is 0 Å². The summed E-state index contributed by atoms with van der Waals surface area (Å²) >= 11 is 0. The third kappa shape index (κ3) is 10.5. The third-order valence-corrected chi connectivity index (χ3v) is 11.5. The molecule has 0 aliphatic heterocycles.